The van der Waals surface area contributed by atoms with Gasteiger partial charge in [0.2, 0.25) is 11.8 Å². The lowest BCUT2D eigenvalue weighted by Crippen LogP contribution is -2.60. The van der Waals surface area contributed by atoms with Crippen molar-refractivity contribution in [2.75, 3.05) is 7.05 Å². The molecule has 0 bridgehead atoms. The second-order valence-corrected chi connectivity index (χ2v) is 12.6. The number of carbonyl (C=O) groups is 2. The molecular formula is C27H43N3O2S. The van der Waals surface area contributed by atoms with Crippen LogP contribution in [0.2, 0.25) is 0 Å². The summed E-state index contributed by atoms with van der Waals surface area (Å²) >= 11 is 5.67. The van der Waals surface area contributed by atoms with Crippen molar-refractivity contribution in [1.29, 1.82) is 0 Å². The third kappa shape index (κ3) is 3.84. The highest BCUT2D eigenvalue weighted by atomic mass is 32.1. The minimum Gasteiger partial charge on any atom is -0.360 e. The van der Waals surface area contributed by atoms with E-state index >= 15 is 0 Å². The van der Waals surface area contributed by atoms with Crippen LogP contribution in [0.1, 0.15) is 80.1 Å². The van der Waals surface area contributed by atoms with Gasteiger partial charge in [0.1, 0.15) is 0 Å². The molecule has 6 heteroatoms. The zero-order valence-electron chi connectivity index (χ0n) is 21.6. The van der Waals surface area contributed by atoms with Crippen LogP contribution in [0, 0.1) is 34.5 Å². The monoisotopic (exact) mass is 473 g/mol. The molecule has 1 N–H and O–H groups in total. The Bertz CT molecular complexity index is 854. The van der Waals surface area contributed by atoms with Crippen LogP contribution in [-0.4, -0.2) is 51.9 Å². The lowest BCUT2D eigenvalue weighted by atomic mass is 9.47. The van der Waals surface area contributed by atoms with Crippen LogP contribution in [0.15, 0.2) is 12.2 Å². The molecule has 0 saturated heterocycles. The number of thiocarbonyl (C=S) groups is 1. The molecule has 7 atom stereocenters. The second-order valence-electron chi connectivity index (χ2n) is 12.2. The number of rotatable bonds is 3. The van der Waals surface area contributed by atoms with Gasteiger partial charge in [0.15, 0.2) is 5.11 Å². The molecule has 1 heterocycles. The maximum atomic E-state index is 13.9. The molecule has 3 saturated carbocycles. The Labute approximate surface area is 205 Å². The molecule has 0 radical (unpaired) electrons. The first-order valence-corrected chi connectivity index (χ1v) is 13.4. The van der Waals surface area contributed by atoms with Crippen molar-refractivity contribution >= 4 is 29.1 Å². The highest BCUT2D eigenvalue weighted by molar-refractivity contribution is 7.80. The molecular weight excluding hydrogens is 430 g/mol. The van der Waals surface area contributed by atoms with E-state index in [0.717, 1.165) is 32.1 Å². The van der Waals surface area contributed by atoms with Gasteiger partial charge in [0.25, 0.3) is 0 Å². The average Bonchev–Trinajstić information content (AvgIpc) is 3.07. The Morgan fingerprint density at radius 3 is 2.45 bits per heavy atom. The summed E-state index contributed by atoms with van der Waals surface area (Å²) in [6, 6.07) is 0.554. The largest absolute Gasteiger partial charge is 0.360 e. The van der Waals surface area contributed by atoms with Gasteiger partial charge in [0.05, 0.1) is 0 Å². The van der Waals surface area contributed by atoms with Crippen LogP contribution in [0.3, 0.4) is 0 Å². The van der Waals surface area contributed by atoms with Gasteiger partial charge in [-0.05, 0) is 108 Å². The van der Waals surface area contributed by atoms with Crippen molar-refractivity contribution in [1.82, 2.24) is 15.1 Å². The molecule has 3 fully saturated rings. The predicted molar refractivity (Wildman–Crippen MR) is 136 cm³/mol. The summed E-state index contributed by atoms with van der Waals surface area (Å²) in [7, 11) is 1.97. The van der Waals surface area contributed by atoms with Crippen LogP contribution in [0.25, 0.3) is 0 Å². The number of nitrogens with zero attached hydrogens (tertiary/aromatic N) is 2. The number of amides is 2. The normalized spacial score (nSPS) is 39.8. The van der Waals surface area contributed by atoms with E-state index in [9.17, 15) is 9.59 Å². The number of fused-ring (bicyclic) bond motifs is 5. The zero-order chi connectivity index (χ0) is 24.3. The Morgan fingerprint density at radius 2 is 1.82 bits per heavy atom. The van der Waals surface area contributed by atoms with Crippen molar-refractivity contribution in [3.63, 3.8) is 0 Å². The Balaban J connectivity index is 1.58. The molecule has 4 rings (SSSR count). The topological polar surface area (TPSA) is 52.7 Å². The van der Waals surface area contributed by atoms with Gasteiger partial charge in [-0.2, -0.15) is 0 Å². The maximum absolute atomic E-state index is 13.9. The third-order valence-electron chi connectivity index (χ3n) is 9.81. The van der Waals surface area contributed by atoms with Crippen LogP contribution >= 0.6 is 12.2 Å². The van der Waals surface area contributed by atoms with E-state index in [1.54, 1.807) is 6.08 Å². The van der Waals surface area contributed by atoms with E-state index in [1.807, 2.05) is 16.8 Å². The van der Waals surface area contributed by atoms with E-state index in [0.29, 0.717) is 28.9 Å². The first-order chi connectivity index (χ1) is 15.4. The Kier molecular flexibility index (Phi) is 6.48. The van der Waals surface area contributed by atoms with Crippen LogP contribution in [0.5, 0.6) is 0 Å². The summed E-state index contributed by atoms with van der Waals surface area (Å²) in [5, 5.41) is 3.87. The molecule has 33 heavy (non-hydrogen) atoms. The van der Waals surface area contributed by atoms with Gasteiger partial charge in [-0.3, -0.25) is 14.5 Å². The third-order valence-corrected chi connectivity index (χ3v) is 10.1. The van der Waals surface area contributed by atoms with Gasteiger partial charge >= 0.3 is 0 Å². The number of carbonyl (C=O) groups excluding carboxylic acids is 2. The summed E-state index contributed by atoms with van der Waals surface area (Å²) in [5.74, 6) is 2.17. The summed E-state index contributed by atoms with van der Waals surface area (Å²) in [5.41, 5.74) is 0.0733. The Morgan fingerprint density at radius 1 is 1.12 bits per heavy atom. The summed E-state index contributed by atoms with van der Waals surface area (Å²) in [6.07, 6.45) is 10.6. The van der Waals surface area contributed by atoms with Gasteiger partial charge in [-0.1, -0.05) is 19.9 Å². The zero-order valence-corrected chi connectivity index (χ0v) is 22.4. The molecule has 184 valence electrons. The van der Waals surface area contributed by atoms with Crippen LogP contribution in [-0.2, 0) is 9.59 Å². The second kappa shape index (κ2) is 8.66. The molecule has 3 aliphatic carbocycles. The van der Waals surface area contributed by atoms with Crippen molar-refractivity contribution in [3.8, 4) is 0 Å². The summed E-state index contributed by atoms with van der Waals surface area (Å²) in [4.78, 5) is 30.1. The van der Waals surface area contributed by atoms with E-state index in [1.165, 1.54) is 6.42 Å². The first kappa shape index (κ1) is 24.7. The van der Waals surface area contributed by atoms with Crippen molar-refractivity contribution in [2.24, 2.45) is 34.5 Å². The SMILES string of the molecule is CC(C)NC(=S)N(C(=O)[C@H]1CC[C@H]2[C@@H]3CC[C@H]4N(C)C(=O)C=C[C@]4(C)[C@H]3CC[C@]12C)C(C)C. The summed E-state index contributed by atoms with van der Waals surface area (Å²) < 4.78 is 0. The first-order valence-electron chi connectivity index (χ1n) is 13.0. The number of hydrogen-bond donors (Lipinski definition) is 1. The fraction of sp³-hybridized carbons (Fsp3) is 0.815. The molecule has 0 spiro atoms. The van der Waals surface area contributed by atoms with E-state index in [-0.39, 0.29) is 40.6 Å². The van der Waals surface area contributed by atoms with E-state index in [4.69, 9.17) is 12.2 Å². The van der Waals surface area contributed by atoms with Gasteiger partial charge < -0.3 is 10.2 Å². The van der Waals surface area contributed by atoms with Crippen LogP contribution < -0.4 is 5.32 Å². The lowest BCUT2D eigenvalue weighted by molar-refractivity contribution is -0.145. The molecule has 5 nitrogen and oxygen atoms in total. The lowest BCUT2D eigenvalue weighted by Gasteiger charge is -2.60. The maximum Gasteiger partial charge on any atom is 0.246 e. The van der Waals surface area contributed by atoms with E-state index < -0.39 is 0 Å². The van der Waals surface area contributed by atoms with Crippen LogP contribution in [0.4, 0.5) is 0 Å². The number of hydrogen-bond acceptors (Lipinski definition) is 3. The molecule has 0 aromatic carbocycles. The van der Waals surface area contributed by atoms with Gasteiger partial charge in [-0.15, -0.1) is 0 Å². The smallest absolute Gasteiger partial charge is 0.246 e. The molecule has 1 aliphatic heterocycles. The highest BCUT2D eigenvalue weighted by Crippen LogP contribution is 2.65. The van der Waals surface area contributed by atoms with Gasteiger partial charge in [0, 0.05) is 36.5 Å². The molecule has 4 aliphatic rings. The van der Waals surface area contributed by atoms with E-state index in [2.05, 4.69) is 52.9 Å². The molecule has 0 aromatic rings. The molecule has 0 aromatic heterocycles. The minimum atomic E-state index is 0.0299. The fourth-order valence-corrected chi connectivity index (χ4v) is 8.75. The fourth-order valence-electron chi connectivity index (χ4n) is 8.22. The number of likely N-dealkylation sites (N-methyl/N-ethyl adjacent to an activating group) is 1. The standard InChI is InChI=1S/C27H43N3O2S/c1-16(2)28-25(33)30(17(3)4)24(32)21-10-9-19-18-8-11-22-27(6,15-13-23(31)29(22)7)20(18)12-14-26(19,21)5/h13,15-22H,8-12,14H2,1-7H3,(H,28,33)/t18-,19-,20-,21+,22+,26-,27+/m0/s1. The van der Waals surface area contributed by atoms with Crippen molar-refractivity contribution < 1.29 is 9.59 Å². The average molecular weight is 474 g/mol. The molecule has 0 unspecified atom stereocenters. The Hall–Kier alpha value is -1.43. The highest BCUT2D eigenvalue weighted by Gasteiger charge is 2.62. The van der Waals surface area contributed by atoms with Crippen molar-refractivity contribution in [2.45, 2.75) is 98.2 Å². The summed E-state index contributed by atoms with van der Waals surface area (Å²) in [6.45, 7) is 13.0. The molecule has 2 amide bonds. The quantitative estimate of drug-likeness (QED) is 0.601. The van der Waals surface area contributed by atoms with Crippen molar-refractivity contribution in [3.05, 3.63) is 12.2 Å². The van der Waals surface area contributed by atoms with Gasteiger partial charge in [-0.25, -0.2) is 0 Å². The number of nitrogens with one attached hydrogen (secondary N) is 1. The predicted octanol–water partition coefficient (Wildman–Crippen LogP) is 4.76. The minimum absolute atomic E-state index is 0.0299.